The fourth-order valence-corrected chi connectivity index (χ4v) is 3.21. The first-order valence-corrected chi connectivity index (χ1v) is 9.33. The van der Waals surface area contributed by atoms with E-state index in [0.29, 0.717) is 13.1 Å². The number of amides is 1. The van der Waals surface area contributed by atoms with Crippen molar-refractivity contribution in [3.05, 3.63) is 52.3 Å². The fraction of sp³-hybridized carbons (Fsp3) is 0.421. The van der Waals surface area contributed by atoms with Crippen LogP contribution < -0.4 is 0 Å². The maximum Gasteiger partial charge on any atom is 0.356 e. The minimum absolute atomic E-state index is 0.160. The number of rotatable bonds is 5. The molecule has 1 saturated heterocycles. The van der Waals surface area contributed by atoms with Gasteiger partial charge in [0.05, 0.1) is 6.61 Å². The minimum atomic E-state index is -0.473. The van der Waals surface area contributed by atoms with Gasteiger partial charge in [-0.15, -0.1) is 0 Å². The van der Waals surface area contributed by atoms with Crippen LogP contribution in [0.25, 0.3) is 0 Å². The van der Waals surface area contributed by atoms with Crippen molar-refractivity contribution in [2.75, 3.05) is 32.8 Å². The molecule has 0 radical (unpaired) electrons. The van der Waals surface area contributed by atoms with Crippen LogP contribution in [-0.2, 0) is 18.3 Å². The Bertz CT molecular complexity index is 811. The summed E-state index contributed by atoms with van der Waals surface area (Å²) in [5, 5.41) is 4.91. The average molecular weight is 391 g/mol. The molecule has 7 nitrogen and oxygen atoms in total. The van der Waals surface area contributed by atoms with Crippen LogP contribution in [0.3, 0.4) is 0 Å². The van der Waals surface area contributed by atoms with Gasteiger partial charge >= 0.3 is 5.97 Å². The largest absolute Gasteiger partial charge is 0.461 e. The zero-order valence-corrected chi connectivity index (χ0v) is 16.3. The van der Waals surface area contributed by atoms with Crippen molar-refractivity contribution in [3.63, 3.8) is 0 Å². The van der Waals surface area contributed by atoms with E-state index in [4.69, 9.17) is 16.3 Å². The molecule has 1 fully saturated rings. The first kappa shape index (κ1) is 19.4. The normalized spacial score (nSPS) is 15.0. The summed E-state index contributed by atoms with van der Waals surface area (Å²) in [5.74, 6) is -0.633. The lowest BCUT2D eigenvalue weighted by atomic mass is 10.2. The molecule has 1 amide bonds. The second kappa shape index (κ2) is 8.54. The van der Waals surface area contributed by atoms with Crippen LogP contribution >= 0.6 is 11.6 Å². The molecule has 1 aliphatic heterocycles. The van der Waals surface area contributed by atoms with E-state index in [0.717, 1.165) is 24.7 Å². The smallest absolute Gasteiger partial charge is 0.356 e. The molecular formula is C19H23ClN4O3. The van der Waals surface area contributed by atoms with E-state index in [1.165, 1.54) is 16.3 Å². The maximum absolute atomic E-state index is 12.7. The molecular weight excluding hydrogens is 368 g/mol. The predicted octanol–water partition coefficient (Wildman–Crippen LogP) is 2.21. The van der Waals surface area contributed by atoms with Crippen molar-refractivity contribution in [2.45, 2.75) is 13.5 Å². The standard InChI is InChI=1S/C19H23ClN4O3/c1-3-27-19(26)17-12-16(21-22(17)2)18(25)24-10-8-23(9-11-24)13-14-4-6-15(20)7-5-14/h4-7,12H,3,8-11,13H2,1-2H3. The van der Waals surface area contributed by atoms with E-state index in [9.17, 15) is 9.59 Å². The minimum Gasteiger partial charge on any atom is -0.461 e. The van der Waals surface area contributed by atoms with Gasteiger partial charge in [0.1, 0.15) is 5.69 Å². The molecule has 1 aliphatic rings. The first-order valence-electron chi connectivity index (χ1n) is 8.95. The molecule has 0 unspecified atom stereocenters. The highest BCUT2D eigenvalue weighted by Gasteiger charge is 2.26. The lowest BCUT2D eigenvalue weighted by Gasteiger charge is -2.34. The van der Waals surface area contributed by atoms with Crippen LogP contribution in [0.1, 0.15) is 33.5 Å². The molecule has 3 rings (SSSR count). The van der Waals surface area contributed by atoms with Crippen LogP contribution in [0.4, 0.5) is 0 Å². The Balaban J connectivity index is 1.57. The van der Waals surface area contributed by atoms with E-state index < -0.39 is 5.97 Å². The molecule has 1 aromatic carbocycles. The second-order valence-corrected chi connectivity index (χ2v) is 6.89. The highest BCUT2D eigenvalue weighted by Crippen LogP contribution is 2.14. The van der Waals surface area contributed by atoms with Gasteiger partial charge in [-0.2, -0.15) is 5.10 Å². The van der Waals surface area contributed by atoms with Gasteiger partial charge in [0.25, 0.3) is 5.91 Å². The van der Waals surface area contributed by atoms with Crippen LogP contribution in [0.2, 0.25) is 5.02 Å². The molecule has 2 aromatic rings. The molecule has 0 N–H and O–H groups in total. The van der Waals surface area contributed by atoms with Crippen LogP contribution in [0, 0.1) is 0 Å². The summed E-state index contributed by atoms with van der Waals surface area (Å²) in [6, 6.07) is 9.31. The zero-order chi connectivity index (χ0) is 19.4. The van der Waals surface area contributed by atoms with E-state index in [2.05, 4.69) is 10.00 Å². The van der Waals surface area contributed by atoms with Crippen molar-refractivity contribution in [2.24, 2.45) is 7.05 Å². The lowest BCUT2D eigenvalue weighted by Crippen LogP contribution is -2.48. The molecule has 0 atom stereocenters. The number of piperazine rings is 1. The Morgan fingerprint density at radius 3 is 2.44 bits per heavy atom. The Morgan fingerprint density at radius 2 is 1.81 bits per heavy atom. The number of hydrogen-bond donors (Lipinski definition) is 0. The van der Waals surface area contributed by atoms with Gasteiger partial charge in [0.15, 0.2) is 5.69 Å². The number of esters is 1. The van der Waals surface area contributed by atoms with E-state index >= 15 is 0 Å². The topological polar surface area (TPSA) is 67.7 Å². The highest BCUT2D eigenvalue weighted by atomic mass is 35.5. The fourth-order valence-electron chi connectivity index (χ4n) is 3.09. The number of carbonyl (C=O) groups is 2. The third-order valence-electron chi connectivity index (χ3n) is 4.56. The van der Waals surface area contributed by atoms with Crippen molar-refractivity contribution in [3.8, 4) is 0 Å². The number of aromatic nitrogens is 2. The maximum atomic E-state index is 12.7. The quantitative estimate of drug-likeness (QED) is 0.732. The number of hydrogen-bond acceptors (Lipinski definition) is 5. The van der Waals surface area contributed by atoms with Crippen LogP contribution in [-0.4, -0.2) is 64.2 Å². The van der Waals surface area contributed by atoms with E-state index in [1.54, 1.807) is 18.9 Å². The SMILES string of the molecule is CCOC(=O)c1cc(C(=O)N2CCN(Cc3ccc(Cl)cc3)CC2)nn1C. The van der Waals surface area contributed by atoms with E-state index in [-0.39, 0.29) is 23.9 Å². The van der Waals surface area contributed by atoms with Crippen LogP contribution in [0.15, 0.2) is 30.3 Å². The second-order valence-electron chi connectivity index (χ2n) is 6.45. The van der Waals surface area contributed by atoms with Gasteiger partial charge < -0.3 is 9.64 Å². The van der Waals surface area contributed by atoms with Crippen molar-refractivity contribution < 1.29 is 14.3 Å². The van der Waals surface area contributed by atoms with Gasteiger partial charge in [-0.25, -0.2) is 4.79 Å². The van der Waals surface area contributed by atoms with Gasteiger partial charge in [0.2, 0.25) is 0 Å². The predicted molar refractivity (Wildman–Crippen MR) is 102 cm³/mol. The van der Waals surface area contributed by atoms with Crippen molar-refractivity contribution in [1.82, 2.24) is 19.6 Å². The van der Waals surface area contributed by atoms with Crippen molar-refractivity contribution in [1.29, 1.82) is 0 Å². The third-order valence-corrected chi connectivity index (χ3v) is 4.81. The number of benzene rings is 1. The Kier molecular flexibility index (Phi) is 6.13. The summed E-state index contributed by atoms with van der Waals surface area (Å²) < 4.78 is 6.38. The monoisotopic (exact) mass is 390 g/mol. The highest BCUT2D eigenvalue weighted by molar-refractivity contribution is 6.30. The summed E-state index contributed by atoms with van der Waals surface area (Å²) >= 11 is 5.92. The first-order chi connectivity index (χ1) is 13.0. The molecule has 144 valence electrons. The van der Waals surface area contributed by atoms with Gasteiger partial charge in [-0.1, -0.05) is 23.7 Å². The summed E-state index contributed by atoms with van der Waals surface area (Å²) in [5.41, 5.74) is 1.75. The number of halogens is 1. The van der Waals surface area contributed by atoms with Gasteiger partial charge in [0, 0.05) is 50.9 Å². The Hall–Kier alpha value is -2.38. The molecule has 0 aliphatic carbocycles. The number of nitrogens with zero attached hydrogens (tertiary/aromatic N) is 4. The lowest BCUT2D eigenvalue weighted by molar-refractivity contribution is 0.0513. The van der Waals surface area contributed by atoms with Crippen molar-refractivity contribution >= 4 is 23.5 Å². The zero-order valence-electron chi connectivity index (χ0n) is 15.5. The van der Waals surface area contributed by atoms with E-state index in [1.807, 2.05) is 24.3 Å². The molecule has 8 heteroatoms. The molecule has 27 heavy (non-hydrogen) atoms. The number of ether oxygens (including phenoxy) is 1. The Labute approximate surface area is 163 Å². The average Bonchev–Trinajstić information content (AvgIpc) is 3.06. The molecule has 2 heterocycles. The van der Waals surface area contributed by atoms with Crippen LogP contribution in [0.5, 0.6) is 0 Å². The molecule has 0 spiro atoms. The summed E-state index contributed by atoms with van der Waals surface area (Å²) in [6.07, 6.45) is 0. The van der Waals surface area contributed by atoms with Gasteiger partial charge in [-0.05, 0) is 24.6 Å². The number of carbonyl (C=O) groups excluding carboxylic acids is 2. The molecule has 0 bridgehead atoms. The molecule has 0 saturated carbocycles. The summed E-state index contributed by atoms with van der Waals surface area (Å²) in [4.78, 5) is 28.7. The third kappa shape index (κ3) is 4.67. The number of aryl methyl sites for hydroxylation is 1. The van der Waals surface area contributed by atoms with Gasteiger partial charge in [-0.3, -0.25) is 14.4 Å². The Morgan fingerprint density at radius 1 is 1.15 bits per heavy atom. The molecule has 1 aromatic heterocycles. The summed E-state index contributed by atoms with van der Waals surface area (Å²) in [6.45, 7) is 5.66. The summed E-state index contributed by atoms with van der Waals surface area (Å²) in [7, 11) is 1.63.